The molecule has 0 aromatic heterocycles. The Morgan fingerprint density at radius 1 is 1.30 bits per heavy atom. The van der Waals surface area contributed by atoms with Crippen LogP contribution in [0.4, 0.5) is 0 Å². The molecule has 1 amide bonds. The van der Waals surface area contributed by atoms with Crippen molar-refractivity contribution in [3.05, 3.63) is 22.7 Å². The lowest BCUT2D eigenvalue weighted by atomic mass is 10.1. The van der Waals surface area contributed by atoms with Gasteiger partial charge in [0.25, 0.3) is 5.91 Å². The van der Waals surface area contributed by atoms with Crippen LogP contribution < -0.4 is 14.8 Å². The first-order valence-electron chi connectivity index (χ1n) is 7.49. The van der Waals surface area contributed by atoms with Gasteiger partial charge in [-0.05, 0) is 25.0 Å². The summed E-state index contributed by atoms with van der Waals surface area (Å²) in [6, 6.07) is 3.07. The number of rotatable bonds is 10. The fourth-order valence-corrected chi connectivity index (χ4v) is 2.12. The van der Waals surface area contributed by atoms with Gasteiger partial charge in [0.15, 0.2) is 11.5 Å². The van der Waals surface area contributed by atoms with Crippen molar-refractivity contribution in [1.82, 2.24) is 5.32 Å². The number of unbranched alkanes of at least 4 members (excludes halogenated alkanes) is 1. The standard InChI is InChI=1S/C16H22ClNO5/c1-3-4-8-23-15-12(17)9-11(10-13(15)22-2)16(21)18-7-5-6-14(19)20/h9-10H,3-8H2,1-2H3,(H,18,21)(H,19,20). The first-order valence-corrected chi connectivity index (χ1v) is 7.87. The zero-order valence-electron chi connectivity index (χ0n) is 13.4. The van der Waals surface area contributed by atoms with Gasteiger partial charge in [-0.25, -0.2) is 0 Å². The fraction of sp³-hybridized carbons (Fsp3) is 0.500. The maximum absolute atomic E-state index is 12.1. The largest absolute Gasteiger partial charge is 0.493 e. The van der Waals surface area contributed by atoms with Crippen LogP contribution in [0.1, 0.15) is 43.0 Å². The molecular formula is C16H22ClNO5. The summed E-state index contributed by atoms with van der Waals surface area (Å²) < 4.78 is 10.8. The molecule has 0 heterocycles. The number of nitrogens with one attached hydrogen (secondary N) is 1. The van der Waals surface area contributed by atoms with Crippen molar-refractivity contribution in [2.75, 3.05) is 20.3 Å². The summed E-state index contributed by atoms with van der Waals surface area (Å²) in [5, 5.41) is 11.5. The molecule has 2 N–H and O–H groups in total. The lowest BCUT2D eigenvalue weighted by Gasteiger charge is -2.14. The number of hydrogen-bond donors (Lipinski definition) is 2. The molecule has 0 fully saturated rings. The minimum atomic E-state index is -0.891. The second-order valence-corrected chi connectivity index (χ2v) is 5.35. The number of benzene rings is 1. The van der Waals surface area contributed by atoms with E-state index in [0.29, 0.717) is 35.1 Å². The maximum Gasteiger partial charge on any atom is 0.303 e. The third-order valence-corrected chi connectivity index (χ3v) is 3.37. The van der Waals surface area contributed by atoms with Crippen LogP contribution >= 0.6 is 11.6 Å². The zero-order valence-corrected chi connectivity index (χ0v) is 14.1. The van der Waals surface area contributed by atoms with Crippen LogP contribution in [-0.4, -0.2) is 37.2 Å². The summed E-state index contributed by atoms with van der Waals surface area (Å²) in [5.74, 6) is -0.414. The van der Waals surface area contributed by atoms with Gasteiger partial charge in [-0.2, -0.15) is 0 Å². The molecule has 7 heteroatoms. The molecule has 6 nitrogen and oxygen atoms in total. The molecule has 1 aromatic carbocycles. The Morgan fingerprint density at radius 3 is 2.65 bits per heavy atom. The molecule has 0 unspecified atom stereocenters. The first kappa shape index (κ1) is 19.1. The zero-order chi connectivity index (χ0) is 17.2. The maximum atomic E-state index is 12.1. The third-order valence-electron chi connectivity index (χ3n) is 3.09. The van der Waals surface area contributed by atoms with Gasteiger partial charge in [0.1, 0.15) is 0 Å². The van der Waals surface area contributed by atoms with E-state index in [4.69, 9.17) is 26.2 Å². The molecule has 1 aromatic rings. The van der Waals surface area contributed by atoms with E-state index in [1.165, 1.54) is 13.2 Å². The Bertz CT molecular complexity index is 548. The van der Waals surface area contributed by atoms with Gasteiger partial charge in [-0.3, -0.25) is 9.59 Å². The molecule has 0 bridgehead atoms. The average Bonchev–Trinajstić information content (AvgIpc) is 2.52. The molecule has 1 rings (SSSR count). The molecule has 128 valence electrons. The molecule has 0 saturated carbocycles. The van der Waals surface area contributed by atoms with E-state index in [-0.39, 0.29) is 18.9 Å². The van der Waals surface area contributed by atoms with E-state index in [1.807, 2.05) is 0 Å². The van der Waals surface area contributed by atoms with Gasteiger partial charge in [0.05, 0.1) is 18.7 Å². The SMILES string of the molecule is CCCCOc1c(Cl)cc(C(=O)NCCCC(=O)O)cc1OC. The summed E-state index contributed by atoms with van der Waals surface area (Å²) in [4.78, 5) is 22.5. The smallest absolute Gasteiger partial charge is 0.303 e. The van der Waals surface area contributed by atoms with Crippen molar-refractivity contribution in [1.29, 1.82) is 0 Å². The van der Waals surface area contributed by atoms with E-state index in [1.54, 1.807) is 6.07 Å². The molecular weight excluding hydrogens is 322 g/mol. The molecule has 0 radical (unpaired) electrons. The second-order valence-electron chi connectivity index (χ2n) is 4.94. The number of ether oxygens (including phenoxy) is 2. The summed E-state index contributed by atoms with van der Waals surface area (Å²) in [5.41, 5.74) is 0.338. The van der Waals surface area contributed by atoms with Crippen molar-refractivity contribution in [2.24, 2.45) is 0 Å². The molecule has 0 aliphatic carbocycles. The van der Waals surface area contributed by atoms with Crippen molar-refractivity contribution in [3.63, 3.8) is 0 Å². The molecule has 23 heavy (non-hydrogen) atoms. The predicted octanol–water partition coefficient (Wildman–Crippen LogP) is 3.12. The normalized spacial score (nSPS) is 10.2. The summed E-state index contributed by atoms with van der Waals surface area (Å²) >= 11 is 6.18. The quantitative estimate of drug-likeness (QED) is 0.637. The van der Waals surface area contributed by atoms with Crippen LogP contribution in [0.15, 0.2) is 12.1 Å². The van der Waals surface area contributed by atoms with E-state index in [9.17, 15) is 9.59 Å². The Morgan fingerprint density at radius 2 is 2.04 bits per heavy atom. The highest BCUT2D eigenvalue weighted by atomic mass is 35.5. The number of methoxy groups -OCH3 is 1. The van der Waals surface area contributed by atoms with Crippen molar-refractivity contribution in [3.8, 4) is 11.5 Å². The van der Waals surface area contributed by atoms with E-state index in [2.05, 4.69) is 12.2 Å². The van der Waals surface area contributed by atoms with Crippen LogP contribution in [0.25, 0.3) is 0 Å². The number of carboxylic acid groups (broad SMARTS) is 1. The predicted molar refractivity (Wildman–Crippen MR) is 87.6 cm³/mol. The second kappa shape index (κ2) is 9.94. The number of carbonyl (C=O) groups excluding carboxylic acids is 1. The molecule has 0 atom stereocenters. The van der Waals surface area contributed by atoms with Gasteiger partial charge < -0.3 is 19.9 Å². The minimum Gasteiger partial charge on any atom is -0.493 e. The van der Waals surface area contributed by atoms with Crippen molar-refractivity contribution in [2.45, 2.75) is 32.6 Å². The highest BCUT2D eigenvalue weighted by Gasteiger charge is 2.15. The van der Waals surface area contributed by atoms with E-state index < -0.39 is 5.97 Å². The van der Waals surface area contributed by atoms with E-state index in [0.717, 1.165) is 12.8 Å². The summed E-state index contributed by atoms with van der Waals surface area (Å²) in [7, 11) is 1.48. The number of carbonyl (C=O) groups is 2. The number of aliphatic carboxylic acids is 1. The molecule has 0 saturated heterocycles. The highest BCUT2D eigenvalue weighted by molar-refractivity contribution is 6.32. The monoisotopic (exact) mass is 343 g/mol. The molecule has 0 aliphatic rings. The van der Waals surface area contributed by atoms with Crippen LogP contribution in [-0.2, 0) is 4.79 Å². The molecule has 0 aliphatic heterocycles. The Hall–Kier alpha value is -1.95. The number of hydrogen-bond acceptors (Lipinski definition) is 4. The van der Waals surface area contributed by atoms with Gasteiger partial charge in [0.2, 0.25) is 0 Å². The number of carboxylic acids is 1. The first-order chi connectivity index (χ1) is 11.0. The molecule has 0 spiro atoms. The van der Waals surface area contributed by atoms with Crippen LogP contribution in [0.2, 0.25) is 5.02 Å². The topological polar surface area (TPSA) is 84.9 Å². The van der Waals surface area contributed by atoms with Gasteiger partial charge in [-0.1, -0.05) is 24.9 Å². The number of amides is 1. The van der Waals surface area contributed by atoms with Crippen molar-refractivity contribution >= 4 is 23.5 Å². The van der Waals surface area contributed by atoms with Gasteiger partial charge in [0, 0.05) is 18.5 Å². The summed E-state index contributed by atoms with van der Waals surface area (Å²) in [6.45, 7) is 2.85. The lowest BCUT2D eigenvalue weighted by molar-refractivity contribution is -0.137. The van der Waals surface area contributed by atoms with Gasteiger partial charge in [-0.15, -0.1) is 0 Å². The minimum absolute atomic E-state index is 0.00850. The lowest BCUT2D eigenvalue weighted by Crippen LogP contribution is -2.25. The Kier molecular flexibility index (Phi) is 8.26. The van der Waals surface area contributed by atoms with E-state index >= 15 is 0 Å². The van der Waals surface area contributed by atoms with Gasteiger partial charge >= 0.3 is 5.97 Å². The third kappa shape index (κ3) is 6.36. The Balaban J connectivity index is 2.74. The summed E-state index contributed by atoms with van der Waals surface area (Å²) in [6.07, 6.45) is 2.26. The van der Waals surface area contributed by atoms with Crippen LogP contribution in [0, 0.1) is 0 Å². The fourth-order valence-electron chi connectivity index (χ4n) is 1.85. The Labute approximate surface area is 140 Å². The van der Waals surface area contributed by atoms with Crippen LogP contribution in [0.3, 0.4) is 0 Å². The highest BCUT2D eigenvalue weighted by Crippen LogP contribution is 2.36. The van der Waals surface area contributed by atoms with Crippen LogP contribution in [0.5, 0.6) is 11.5 Å². The van der Waals surface area contributed by atoms with Crippen molar-refractivity contribution < 1.29 is 24.2 Å². The number of halogens is 1. The average molecular weight is 344 g/mol.